The van der Waals surface area contributed by atoms with Crippen LogP contribution < -0.4 is 16.4 Å². The van der Waals surface area contributed by atoms with Gasteiger partial charge in [0.25, 0.3) is 11.8 Å². The van der Waals surface area contributed by atoms with Crippen LogP contribution in [0.4, 0.5) is 0 Å². The van der Waals surface area contributed by atoms with Crippen LogP contribution >= 0.6 is 0 Å². The minimum absolute atomic E-state index is 0.153. The smallest absolute Gasteiger partial charge is 0.252 e. The number of rotatable bonds is 9. The fraction of sp³-hybridized carbons (Fsp3) is 0.227. The molecule has 0 unspecified atom stereocenters. The third kappa shape index (κ3) is 6.29. The third-order valence-corrected chi connectivity index (χ3v) is 4.28. The Bertz CT molecular complexity index is 868. The van der Waals surface area contributed by atoms with E-state index in [0.29, 0.717) is 16.7 Å². The molecule has 3 amide bonds. The van der Waals surface area contributed by atoms with Crippen LogP contribution in [0.1, 0.15) is 35.3 Å². The topological polar surface area (TPSA) is 122 Å². The molecule has 7 heteroatoms. The Morgan fingerprint density at radius 2 is 1.55 bits per heavy atom. The van der Waals surface area contributed by atoms with E-state index in [0.717, 1.165) is 0 Å². The molecule has 0 spiro atoms. The molecule has 5 N–H and O–H groups in total. The van der Waals surface area contributed by atoms with Crippen LogP contribution in [-0.2, 0) is 9.59 Å². The number of nitrogens with one attached hydrogen (secondary N) is 2. The maximum Gasteiger partial charge on any atom is 0.252 e. The second-order valence-electron chi connectivity index (χ2n) is 6.80. The van der Waals surface area contributed by atoms with Crippen molar-refractivity contribution in [2.24, 2.45) is 5.73 Å². The molecule has 3 atom stereocenters. The Balaban J connectivity index is 2.23. The lowest BCUT2D eigenvalue weighted by Gasteiger charge is -2.26. The highest BCUT2D eigenvalue weighted by Crippen LogP contribution is 2.19. The Kier molecular flexibility index (Phi) is 7.68. The molecule has 2 aromatic rings. The maximum atomic E-state index is 12.6. The number of hydrogen-bond donors (Lipinski definition) is 4. The van der Waals surface area contributed by atoms with E-state index < -0.39 is 35.9 Å². The second kappa shape index (κ2) is 10.2. The lowest BCUT2D eigenvalue weighted by atomic mass is 9.99. The molecule has 0 radical (unpaired) electrons. The lowest BCUT2D eigenvalue weighted by Crippen LogP contribution is -2.51. The van der Waals surface area contributed by atoms with Crippen LogP contribution in [0.25, 0.3) is 0 Å². The van der Waals surface area contributed by atoms with Crippen LogP contribution in [0.5, 0.6) is 0 Å². The quantitative estimate of drug-likeness (QED) is 0.480. The molecule has 0 saturated heterocycles. The van der Waals surface area contributed by atoms with Gasteiger partial charge in [0.2, 0.25) is 5.91 Å². The second-order valence-corrected chi connectivity index (χ2v) is 6.80. The van der Waals surface area contributed by atoms with Crippen molar-refractivity contribution >= 4 is 17.7 Å². The molecule has 152 valence electrons. The highest BCUT2D eigenvalue weighted by Gasteiger charge is 2.31. The van der Waals surface area contributed by atoms with Crippen LogP contribution in [0, 0.1) is 0 Å². The summed E-state index contributed by atoms with van der Waals surface area (Å²) in [6.45, 7) is 5.41. The molecular formula is C22H25N3O4. The van der Waals surface area contributed by atoms with Crippen molar-refractivity contribution in [2.45, 2.75) is 31.5 Å². The van der Waals surface area contributed by atoms with Gasteiger partial charge in [-0.15, -0.1) is 6.58 Å². The number of aliphatic hydroxyl groups is 1. The Labute approximate surface area is 169 Å². The largest absolute Gasteiger partial charge is 0.381 e. The summed E-state index contributed by atoms with van der Waals surface area (Å²) in [6.07, 6.45) is -1.49. The van der Waals surface area contributed by atoms with Gasteiger partial charge >= 0.3 is 0 Å². The first-order chi connectivity index (χ1) is 13.8. The molecule has 2 rings (SSSR count). The number of hydrogen-bond acceptors (Lipinski definition) is 4. The van der Waals surface area contributed by atoms with Crippen molar-refractivity contribution in [1.29, 1.82) is 0 Å². The van der Waals surface area contributed by atoms with Gasteiger partial charge in [-0.25, -0.2) is 0 Å². The molecule has 0 aliphatic heterocycles. The van der Waals surface area contributed by atoms with Crippen molar-refractivity contribution in [1.82, 2.24) is 10.6 Å². The zero-order valence-corrected chi connectivity index (χ0v) is 16.2. The SMILES string of the molecule is C=C(C)C[C@@H](NC(=O)[C@H](O)[C@@H](NC(=O)c1ccccc1)c1ccccc1)C(N)=O. The van der Waals surface area contributed by atoms with Gasteiger partial charge in [-0.3, -0.25) is 14.4 Å². The van der Waals surface area contributed by atoms with E-state index >= 15 is 0 Å². The zero-order valence-electron chi connectivity index (χ0n) is 16.2. The fourth-order valence-corrected chi connectivity index (χ4v) is 2.80. The Morgan fingerprint density at radius 1 is 1.00 bits per heavy atom. The summed E-state index contributed by atoms with van der Waals surface area (Å²) in [4.78, 5) is 36.8. The molecule has 0 heterocycles. The van der Waals surface area contributed by atoms with Gasteiger partial charge in [-0.05, 0) is 31.0 Å². The van der Waals surface area contributed by atoms with Gasteiger partial charge in [-0.1, -0.05) is 54.1 Å². The number of primary amides is 1. The van der Waals surface area contributed by atoms with E-state index in [2.05, 4.69) is 17.2 Å². The van der Waals surface area contributed by atoms with E-state index in [-0.39, 0.29) is 6.42 Å². The maximum absolute atomic E-state index is 12.6. The van der Waals surface area contributed by atoms with Crippen LogP contribution in [-0.4, -0.2) is 35.0 Å². The summed E-state index contributed by atoms with van der Waals surface area (Å²) < 4.78 is 0. The number of amides is 3. The third-order valence-electron chi connectivity index (χ3n) is 4.28. The van der Waals surface area contributed by atoms with E-state index in [1.165, 1.54) is 0 Å². The normalized spacial score (nSPS) is 13.6. The van der Waals surface area contributed by atoms with Crippen LogP contribution in [0.2, 0.25) is 0 Å². The lowest BCUT2D eigenvalue weighted by molar-refractivity contribution is -0.134. The Hall–Kier alpha value is -3.45. The summed E-state index contributed by atoms with van der Waals surface area (Å²) >= 11 is 0. The number of benzene rings is 2. The highest BCUT2D eigenvalue weighted by atomic mass is 16.3. The first kappa shape index (κ1) is 21.8. The zero-order chi connectivity index (χ0) is 21.4. The highest BCUT2D eigenvalue weighted by molar-refractivity contribution is 5.95. The minimum Gasteiger partial charge on any atom is -0.381 e. The molecule has 0 fully saturated rings. The van der Waals surface area contributed by atoms with Crippen LogP contribution in [0.15, 0.2) is 72.8 Å². The number of carbonyl (C=O) groups is 3. The molecule has 29 heavy (non-hydrogen) atoms. The van der Waals surface area contributed by atoms with Gasteiger partial charge in [0.05, 0.1) is 6.04 Å². The molecule has 0 aliphatic carbocycles. The fourth-order valence-electron chi connectivity index (χ4n) is 2.80. The van der Waals surface area contributed by atoms with Crippen molar-refractivity contribution < 1.29 is 19.5 Å². The van der Waals surface area contributed by atoms with Crippen LogP contribution in [0.3, 0.4) is 0 Å². The van der Waals surface area contributed by atoms with Gasteiger partial charge < -0.3 is 21.5 Å². The van der Waals surface area contributed by atoms with E-state index in [4.69, 9.17) is 5.73 Å². The predicted octanol–water partition coefficient (Wildman–Crippen LogP) is 1.45. The predicted molar refractivity (Wildman–Crippen MR) is 110 cm³/mol. The molecule has 0 aliphatic rings. The first-order valence-electron chi connectivity index (χ1n) is 9.12. The van der Waals surface area contributed by atoms with E-state index in [1.807, 2.05) is 0 Å². The number of carbonyl (C=O) groups excluding carboxylic acids is 3. The summed E-state index contributed by atoms with van der Waals surface area (Å²) in [5, 5.41) is 15.8. The van der Waals surface area contributed by atoms with E-state index in [1.54, 1.807) is 67.6 Å². The van der Waals surface area contributed by atoms with Gasteiger partial charge in [-0.2, -0.15) is 0 Å². The average Bonchev–Trinajstić information content (AvgIpc) is 2.71. The summed E-state index contributed by atoms with van der Waals surface area (Å²) in [6, 6.07) is 15.0. The van der Waals surface area contributed by atoms with Crippen molar-refractivity contribution in [3.63, 3.8) is 0 Å². The molecule has 0 saturated carbocycles. The van der Waals surface area contributed by atoms with Gasteiger partial charge in [0, 0.05) is 5.56 Å². The van der Waals surface area contributed by atoms with E-state index in [9.17, 15) is 19.5 Å². The number of nitrogens with two attached hydrogens (primary N) is 1. The van der Waals surface area contributed by atoms with Gasteiger partial charge in [0.15, 0.2) is 6.10 Å². The number of aliphatic hydroxyl groups excluding tert-OH is 1. The van der Waals surface area contributed by atoms with Gasteiger partial charge in [0.1, 0.15) is 6.04 Å². The average molecular weight is 395 g/mol. The molecule has 0 aromatic heterocycles. The standard InChI is InChI=1S/C22H25N3O4/c1-14(2)13-17(20(23)27)24-22(29)19(26)18(15-9-5-3-6-10-15)25-21(28)16-11-7-4-8-12-16/h3-12,17-19,26H,1,13H2,2H3,(H2,23,27)(H,24,29)(H,25,28)/t17-,18+,19-/m1/s1. The molecule has 2 aromatic carbocycles. The minimum atomic E-state index is -1.64. The monoisotopic (exact) mass is 395 g/mol. The molecule has 7 nitrogen and oxygen atoms in total. The Morgan fingerprint density at radius 3 is 2.07 bits per heavy atom. The van der Waals surface area contributed by atoms with Crippen molar-refractivity contribution in [3.8, 4) is 0 Å². The summed E-state index contributed by atoms with van der Waals surface area (Å²) in [5.41, 5.74) is 6.91. The van der Waals surface area contributed by atoms with Crippen molar-refractivity contribution in [2.75, 3.05) is 0 Å². The van der Waals surface area contributed by atoms with Crippen molar-refractivity contribution in [3.05, 3.63) is 83.9 Å². The summed E-state index contributed by atoms with van der Waals surface area (Å²) in [5.74, 6) is -2.00. The first-order valence-corrected chi connectivity index (χ1v) is 9.12. The summed E-state index contributed by atoms with van der Waals surface area (Å²) in [7, 11) is 0. The molecular weight excluding hydrogens is 370 g/mol. The molecule has 0 bridgehead atoms.